The summed E-state index contributed by atoms with van der Waals surface area (Å²) < 4.78 is 13.5. The second-order valence-corrected chi connectivity index (χ2v) is 6.78. The van der Waals surface area contributed by atoms with Crippen molar-refractivity contribution in [2.75, 3.05) is 24.6 Å². The third kappa shape index (κ3) is 6.55. The first-order chi connectivity index (χ1) is 9.65. The third-order valence-electron chi connectivity index (χ3n) is 3.15. The number of rotatable bonds is 5. The van der Waals surface area contributed by atoms with Crippen LogP contribution in [-0.2, 0) is 11.2 Å². The predicted molar refractivity (Wildman–Crippen MR) is 91.8 cm³/mol. The molecule has 1 aliphatic heterocycles. The third-order valence-corrected chi connectivity index (χ3v) is 4.89. The number of amides is 1. The van der Waals surface area contributed by atoms with Gasteiger partial charge in [0.2, 0.25) is 5.91 Å². The molecule has 1 fully saturated rings. The number of hydrogen-bond donors (Lipinski definition) is 2. The number of carbonyl (C=O) groups is 1. The molecule has 1 aliphatic rings. The lowest BCUT2D eigenvalue weighted by molar-refractivity contribution is -0.121. The molecule has 1 unspecified atom stereocenters. The van der Waals surface area contributed by atoms with Crippen molar-refractivity contribution >= 4 is 46.0 Å². The van der Waals surface area contributed by atoms with Crippen molar-refractivity contribution in [1.29, 1.82) is 0 Å². The number of halogens is 3. The fourth-order valence-electron chi connectivity index (χ4n) is 2.09. The number of hydrogen-bond acceptors (Lipinski definition) is 3. The Kier molecular flexibility index (Phi) is 8.63. The summed E-state index contributed by atoms with van der Waals surface area (Å²) in [5, 5.41) is 6.26. The highest BCUT2D eigenvalue weighted by Gasteiger charge is 2.16. The second-order valence-electron chi connectivity index (χ2n) is 4.78. The highest BCUT2D eigenvalue weighted by molar-refractivity contribution is 9.10. The zero-order chi connectivity index (χ0) is 14.4. The van der Waals surface area contributed by atoms with Crippen LogP contribution in [0.4, 0.5) is 4.39 Å². The molecule has 1 amide bonds. The van der Waals surface area contributed by atoms with E-state index in [0.717, 1.165) is 23.6 Å². The van der Waals surface area contributed by atoms with Crippen LogP contribution >= 0.6 is 40.1 Å². The van der Waals surface area contributed by atoms with Gasteiger partial charge < -0.3 is 10.6 Å². The zero-order valence-corrected chi connectivity index (χ0v) is 14.8. The molecular weight excluding hydrogens is 379 g/mol. The Morgan fingerprint density at radius 2 is 2.33 bits per heavy atom. The van der Waals surface area contributed by atoms with E-state index in [2.05, 4.69) is 26.6 Å². The number of nitrogens with one attached hydrogen (secondary N) is 2. The van der Waals surface area contributed by atoms with Crippen LogP contribution in [0.2, 0.25) is 0 Å². The van der Waals surface area contributed by atoms with Crippen LogP contribution in [-0.4, -0.2) is 36.5 Å². The Hall–Kier alpha value is -0.300. The minimum Gasteiger partial charge on any atom is -0.356 e. The lowest BCUT2D eigenvalue weighted by Crippen LogP contribution is -2.41. The second kappa shape index (κ2) is 9.66. The van der Waals surface area contributed by atoms with E-state index in [0.29, 0.717) is 23.9 Å². The molecule has 21 heavy (non-hydrogen) atoms. The maximum Gasteiger partial charge on any atom is 0.221 e. The molecule has 1 atom stereocenters. The van der Waals surface area contributed by atoms with Crippen molar-refractivity contribution in [2.45, 2.75) is 18.9 Å². The number of benzene rings is 1. The van der Waals surface area contributed by atoms with Gasteiger partial charge in [-0.3, -0.25) is 4.79 Å². The molecule has 0 bridgehead atoms. The highest BCUT2D eigenvalue weighted by atomic mass is 79.9. The van der Waals surface area contributed by atoms with Crippen LogP contribution in [0.25, 0.3) is 0 Å². The Balaban J connectivity index is 0.00000220. The molecule has 1 heterocycles. The van der Waals surface area contributed by atoms with Gasteiger partial charge in [0.05, 0.1) is 4.47 Å². The van der Waals surface area contributed by atoms with E-state index < -0.39 is 0 Å². The quantitative estimate of drug-likeness (QED) is 0.803. The number of carbonyl (C=O) groups excluding carboxylic acids is 1. The molecule has 2 rings (SSSR count). The molecule has 0 aliphatic carbocycles. The van der Waals surface area contributed by atoms with Gasteiger partial charge in [0.15, 0.2) is 0 Å². The molecule has 0 aromatic heterocycles. The average Bonchev–Trinajstić information content (AvgIpc) is 2.44. The summed E-state index contributed by atoms with van der Waals surface area (Å²) in [6, 6.07) is 5.21. The van der Waals surface area contributed by atoms with E-state index >= 15 is 0 Å². The van der Waals surface area contributed by atoms with Gasteiger partial charge >= 0.3 is 0 Å². The largest absolute Gasteiger partial charge is 0.356 e. The lowest BCUT2D eigenvalue weighted by atomic mass is 10.1. The minimum atomic E-state index is -0.265. The minimum absolute atomic E-state index is 0. The van der Waals surface area contributed by atoms with Crippen LogP contribution in [0, 0.1) is 5.82 Å². The van der Waals surface area contributed by atoms with Gasteiger partial charge in [0.25, 0.3) is 0 Å². The average molecular weight is 398 g/mol. The molecule has 1 saturated heterocycles. The molecule has 0 radical (unpaired) electrons. The van der Waals surface area contributed by atoms with Crippen molar-refractivity contribution in [1.82, 2.24) is 10.6 Å². The molecule has 3 nitrogen and oxygen atoms in total. The summed E-state index contributed by atoms with van der Waals surface area (Å²) in [6.45, 7) is 1.56. The Bertz CT molecular complexity index is 472. The monoisotopic (exact) mass is 396 g/mol. The molecule has 0 saturated carbocycles. The van der Waals surface area contributed by atoms with Crippen molar-refractivity contribution in [3.8, 4) is 0 Å². The first kappa shape index (κ1) is 18.7. The Morgan fingerprint density at radius 1 is 1.52 bits per heavy atom. The molecule has 2 N–H and O–H groups in total. The van der Waals surface area contributed by atoms with Gasteiger partial charge in [-0.15, -0.1) is 12.4 Å². The smallest absolute Gasteiger partial charge is 0.221 e. The summed E-state index contributed by atoms with van der Waals surface area (Å²) in [5.41, 5.74) is 1.00. The van der Waals surface area contributed by atoms with Crippen LogP contribution in [0.15, 0.2) is 22.7 Å². The highest BCUT2D eigenvalue weighted by Crippen LogP contribution is 2.17. The van der Waals surface area contributed by atoms with Gasteiger partial charge in [-0.05, 0) is 40.0 Å². The summed E-state index contributed by atoms with van der Waals surface area (Å²) in [6.07, 6.45) is 1.23. The van der Waals surface area contributed by atoms with Crippen LogP contribution in [0.1, 0.15) is 12.0 Å². The maximum absolute atomic E-state index is 13.1. The topological polar surface area (TPSA) is 41.1 Å². The molecular formula is C14H19BrClFN2OS. The van der Waals surface area contributed by atoms with Crippen LogP contribution in [0.5, 0.6) is 0 Å². The van der Waals surface area contributed by atoms with E-state index in [1.807, 2.05) is 11.8 Å². The normalized spacial score (nSPS) is 17.9. The fraction of sp³-hybridized carbons (Fsp3) is 0.500. The Morgan fingerprint density at radius 3 is 3.00 bits per heavy atom. The van der Waals surface area contributed by atoms with Gasteiger partial charge in [-0.25, -0.2) is 4.39 Å². The van der Waals surface area contributed by atoms with Gasteiger partial charge in [-0.1, -0.05) is 6.07 Å². The van der Waals surface area contributed by atoms with Crippen LogP contribution in [0.3, 0.4) is 0 Å². The van der Waals surface area contributed by atoms with Crippen molar-refractivity contribution in [3.63, 3.8) is 0 Å². The first-order valence-corrected chi connectivity index (χ1v) is 8.61. The van der Waals surface area contributed by atoms with E-state index in [1.54, 1.807) is 12.1 Å². The van der Waals surface area contributed by atoms with Gasteiger partial charge in [-0.2, -0.15) is 11.8 Å². The SMILES string of the molecule is Cl.O=C(CC1CSCCN1)NCCc1ccc(F)c(Br)c1. The van der Waals surface area contributed by atoms with Crippen molar-refractivity contribution in [2.24, 2.45) is 0 Å². The molecule has 1 aromatic carbocycles. The standard InChI is InChI=1S/C14H18BrFN2OS.ClH/c15-12-7-10(1-2-13(12)16)3-4-18-14(19)8-11-9-20-6-5-17-11;/h1-2,7,11,17H,3-6,8-9H2,(H,18,19);1H. The van der Waals surface area contributed by atoms with E-state index in [9.17, 15) is 9.18 Å². The summed E-state index contributed by atoms with van der Waals surface area (Å²) in [7, 11) is 0. The van der Waals surface area contributed by atoms with Crippen molar-refractivity contribution < 1.29 is 9.18 Å². The number of thioether (sulfide) groups is 1. The first-order valence-electron chi connectivity index (χ1n) is 6.67. The van der Waals surface area contributed by atoms with E-state index in [4.69, 9.17) is 0 Å². The van der Waals surface area contributed by atoms with Gasteiger partial charge in [0.1, 0.15) is 5.82 Å². The van der Waals surface area contributed by atoms with Crippen molar-refractivity contribution in [3.05, 3.63) is 34.1 Å². The lowest BCUT2D eigenvalue weighted by Gasteiger charge is -2.22. The van der Waals surface area contributed by atoms with Gasteiger partial charge in [0, 0.05) is 37.1 Å². The summed E-state index contributed by atoms with van der Waals surface area (Å²) in [4.78, 5) is 11.8. The molecule has 0 spiro atoms. The predicted octanol–water partition coefficient (Wildman–Crippen LogP) is 2.76. The summed E-state index contributed by atoms with van der Waals surface area (Å²) in [5.74, 6) is 1.93. The summed E-state index contributed by atoms with van der Waals surface area (Å²) >= 11 is 5.05. The fourth-order valence-corrected chi connectivity index (χ4v) is 3.46. The maximum atomic E-state index is 13.1. The van der Waals surface area contributed by atoms with E-state index in [-0.39, 0.29) is 30.2 Å². The zero-order valence-electron chi connectivity index (χ0n) is 11.5. The molecule has 7 heteroatoms. The Labute approximate surface area is 143 Å². The molecule has 118 valence electrons. The molecule has 1 aromatic rings. The van der Waals surface area contributed by atoms with Crippen LogP contribution < -0.4 is 10.6 Å². The van der Waals surface area contributed by atoms with E-state index in [1.165, 1.54) is 6.07 Å².